The Morgan fingerprint density at radius 1 is 1.19 bits per heavy atom. The third kappa shape index (κ3) is 2.92. The third-order valence-corrected chi connectivity index (χ3v) is 5.23. The van der Waals surface area contributed by atoms with Crippen LogP contribution in [0.4, 0.5) is 5.69 Å². The molecule has 0 spiro atoms. The molecule has 0 aromatic heterocycles. The van der Waals surface area contributed by atoms with Crippen LogP contribution in [0.1, 0.15) is 44.6 Å². The monoisotopic (exact) mass is 286 g/mol. The highest BCUT2D eigenvalue weighted by atomic mass is 16.2. The number of nitrogens with one attached hydrogen (secondary N) is 1. The van der Waals surface area contributed by atoms with Gasteiger partial charge in [-0.3, -0.25) is 4.79 Å². The van der Waals surface area contributed by atoms with Crippen molar-refractivity contribution in [2.75, 3.05) is 12.4 Å². The Bertz CT molecular complexity index is 508. The zero-order valence-electron chi connectivity index (χ0n) is 13.1. The van der Waals surface area contributed by atoms with E-state index in [1.807, 2.05) is 11.9 Å². The number of fused-ring (bicyclic) bond motifs is 1. The van der Waals surface area contributed by atoms with Gasteiger partial charge in [-0.25, -0.2) is 0 Å². The SMILES string of the molecule is CC1Nc2ccccc2CC1C(=O)N(C)C1CCCCC1. The topological polar surface area (TPSA) is 32.3 Å². The number of carbonyl (C=O) groups excluding carboxylic acids is 1. The number of nitrogens with zero attached hydrogens (tertiary/aromatic N) is 1. The van der Waals surface area contributed by atoms with Crippen LogP contribution in [0.3, 0.4) is 0 Å². The van der Waals surface area contributed by atoms with Crippen LogP contribution in [0.5, 0.6) is 0 Å². The summed E-state index contributed by atoms with van der Waals surface area (Å²) >= 11 is 0. The fourth-order valence-corrected chi connectivity index (χ4v) is 3.81. The first-order chi connectivity index (χ1) is 10.2. The molecule has 0 bridgehead atoms. The zero-order chi connectivity index (χ0) is 14.8. The molecule has 3 heteroatoms. The summed E-state index contributed by atoms with van der Waals surface area (Å²) in [5, 5.41) is 3.50. The minimum Gasteiger partial charge on any atom is -0.382 e. The molecule has 3 nitrogen and oxygen atoms in total. The lowest BCUT2D eigenvalue weighted by molar-refractivity contribution is -0.137. The van der Waals surface area contributed by atoms with Gasteiger partial charge in [0, 0.05) is 24.8 Å². The van der Waals surface area contributed by atoms with Crippen LogP contribution in [0.15, 0.2) is 24.3 Å². The lowest BCUT2D eigenvalue weighted by Gasteiger charge is -2.38. The Morgan fingerprint density at radius 2 is 1.90 bits per heavy atom. The summed E-state index contributed by atoms with van der Waals surface area (Å²) in [6.07, 6.45) is 7.07. The highest BCUT2D eigenvalue weighted by Crippen LogP contribution is 2.30. The lowest BCUT2D eigenvalue weighted by atomic mass is 9.86. The Hall–Kier alpha value is -1.51. The van der Waals surface area contributed by atoms with Crippen molar-refractivity contribution in [1.29, 1.82) is 0 Å². The maximum atomic E-state index is 12.9. The van der Waals surface area contributed by atoms with Gasteiger partial charge in [0.05, 0.1) is 5.92 Å². The van der Waals surface area contributed by atoms with Crippen molar-refractivity contribution in [2.45, 2.75) is 57.5 Å². The van der Waals surface area contributed by atoms with Crippen LogP contribution in [-0.4, -0.2) is 29.9 Å². The summed E-state index contributed by atoms with van der Waals surface area (Å²) in [5.74, 6) is 0.378. The Labute approximate surface area is 127 Å². The Morgan fingerprint density at radius 3 is 2.67 bits per heavy atom. The van der Waals surface area contributed by atoms with Gasteiger partial charge in [-0.2, -0.15) is 0 Å². The second-order valence-electron chi connectivity index (χ2n) is 6.64. The molecule has 1 N–H and O–H groups in total. The van der Waals surface area contributed by atoms with Gasteiger partial charge in [-0.05, 0) is 37.8 Å². The van der Waals surface area contributed by atoms with Crippen molar-refractivity contribution in [3.63, 3.8) is 0 Å². The molecular formula is C18H26N2O. The van der Waals surface area contributed by atoms with Gasteiger partial charge < -0.3 is 10.2 Å². The minimum absolute atomic E-state index is 0.0619. The van der Waals surface area contributed by atoms with Gasteiger partial charge in [-0.15, -0.1) is 0 Å². The van der Waals surface area contributed by atoms with Crippen LogP contribution >= 0.6 is 0 Å². The molecule has 2 unspecified atom stereocenters. The predicted molar refractivity (Wildman–Crippen MR) is 86.4 cm³/mol. The summed E-state index contributed by atoms with van der Waals surface area (Å²) in [7, 11) is 2.01. The number of para-hydroxylation sites is 1. The molecule has 1 amide bonds. The molecule has 3 rings (SSSR count). The first-order valence-corrected chi connectivity index (χ1v) is 8.28. The number of rotatable bonds is 2. The molecular weight excluding hydrogens is 260 g/mol. The Balaban J connectivity index is 1.72. The molecule has 0 radical (unpaired) electrons. The van der Waals surface area contributed by atoms with E-state index in [9.17, 15) is 4.79 Å². The van der Waals surface area contributed by atoms with E-state index in [-0.39, 0.29) is 12.0 Å². The number of anilines is 1. The number of hydrogen-bond donors (Lipinski definition) is 1. The molecule has 1 aromatic rings. The van der Waals surface area contributed by atoms with E-state index in [4.69, 9.17) is 0 Å². The molecule has 1 fully saturated rings. The summed E-state index contributed by atoms with van der Waals surface area (Å²) in [5.41, 5.74) is 2.46. The fraction of sp³-hybridized carbons (Fsp3) is 0.611. The smallest absolute Gasteiger partial charge is 0.228 e. The number of benzene rings is 1. The van der Waals surface area contributed by atoms with E-state index >= 15 is 0 Å². The highest BCUT2D eigenvalue weighted by molar-refractivity contribution is 5.81. The third-order valence-electron chi connectivity index (χ3n) is 5.23. The molecule has 0 saturated heterocycles. The predicted octanol–water partition coefficient (Wildman–Crippen LogP) is 3.45. The minimum atomic E-state index is 0.0619. The van der Waals surface area contributed by atoms with Gasteiger partial charge in [-0.1, -0.05) is 37.5 Å². The maximum Gasteiger partial charge on any atom is 0.228 e. The van der Waals surface area contributed by atoms with E-state index in [0.29, 0.717) is 11.9 Å². The molecule has 1 saturated carbocycles. The number of hydrogen-bond acceptors (Lipinski definition) is 2. The average molecular weight is 286 g/mol. The van der Waals surface area contributed by atoms with Crippen LogP contribution in [0.2, 0.25) is 0 Å². The van der Waals surface area contributed by atoms with Crippen LogP contribution in [0.25, 0.3) is 0 Å². The average Bonchev–Trinajstić information content (AvgIpc) is 2.53. The first kappa shape index (κ1) is 14.4. The number of amides is 1. The Kier molecular flexibility index (Phi) is 4.18. The molecule has 1 aromatic carbocycles. The summed E-state index contributed by atoms with van der Waals surface area (Å²) < 4.78 is 0. The van der Waals surface area contributed by atoms with E-state index in [1.165, 1.54) is 43.4 Å². The maximum absolute atomic E-state index is 12.9. The van der Waals surface area contributed by atoms with Crippen LogP contribution in [0, 0.1) is 5.92 Å². The molecule has 1 aliphatic heterocycles. The van der Waals surface area contributed by atoms with Crippen molar-refractivity contribution < 1.29 is 4.79 Å². The molecule has 1 heterocycles. The molecule has 2 aliphatic rings. The van der Waals surface area contributed by atoms with Crippen molar-refractivity contribution in [3.05, 3.63) is 29.8 Å². The fourth-order valence-electron chi connectivity index (χ4n) is 3.81. The van der Waals surface area contributed by atoms with Crippen molar-refractivity contribution in [3.8, 4) is 0 Å². The quantitative estimate of drug-likeness (QED) is 0.903. The van der Waals surface area contributed by atoms with E-state index in [1.54, 1.807) is 0 Å². The van der Waals surface area contributed by atoms with Gasteiger partial charge >= 0.3 is 0 Å². The normalized spacial score (nSPS) is 25.8. The molecule has 1 aliphatic carbocycles. The molecule has 114 valence electrons. The summed E-state index contributed by atoms with van der Waals surface area (Å²) in [6.45, 7) is 2.13. The second-order valence-corrected chi connectivity index (χ2v) is 6.64. The van der Waals surface area contributed by atoms with E-state index in [2.05, 4.69) is 36.5 Å². The lowest BCUT2D eigenvalue weighted by Crippen LogP contribution is -2.48. The second kappa shape index (κ2) is 6.08. The van der Waals surface area contributed by atoms with Gasteiger partial charge in [0.15, 0.2) is 0 Å². The van der Waals surface area contributed by atoms with Crippen LogP contribution < -0.4 is 5.32 Å². The van der Waals surface area contributed by atoms with Gasteiger partial charge in [0.25, 0.3) is 0 Å². The largest absolute Gasteiger partial charge is 0.382 e. The van der Waals surface area contributed by atoms with Gasteiger partial charge in [0.1, 0.15) is 0 Å². The zero-order valence-corrected chi connectivity index (χ0v) is 13.1. The van der Waals surface area contributed by atoms with E-state index in [0.717, 1.165) is 6.42 Å². The van der Waals surface area contributed by atoms with Crippen molar-refractivity contribution in [2.24, 2.45) is 5.92 Å². The van der Waals surface area contributed by atoms with Crippen LogP contribution in [-0.2, 0) is 11.2 Å². The standard InChI is InChI=1S/C18H26N2O/c1-13-16(12-14-8-6-7-11-17(14)19-13)18(21)20(2)15-9-4-3-5-10-15/h6-8,11,13,15-16,19H,3-5,9-10,12H2,1-2H3. The molecule has 2 atom stereocenters. The summed E-state index contributed by atoms with van der Waals surface area (Å²) in [4.78, 5) is 14.9. The summed E-state index contributed by atoms with van der Waals surface area (Å²) in [6, 6.07) is 9.01. The van der Waals surface area contributed by atoms with Gasteiger partial charge in [0.2, 0.25) is 5.91 Å². The molecule has 21 heavy (non-hydrogen) atoms. The highest BCUT2D eigenvalue weighted by Gasteiger charge is 2.34. The van der Waals surface area contributed by atoms with Crippen molar-refractivity contribution >= 4 is 11.6 Å². The van der Waals surface area contributed by atoms with Crippen molar-refractivity contribution in [1.82, 2.24) is 4.90 Å². The number of carbonyl (C=O) groups is 1. The van der Waals surface area contributed by atoms with E-state index < -0.39 is 0 Å². The first-order valence-electron chi connectivity index (χ1n) is 8.28.